The minimum Gasteiger partial charge on any atom is -0.493 e. The van der Waals surface area contributed by atoms with E-state index in [9.17, 15) is 14.7 Å². The van der Waals surface area contributed by atoms with Crippen LogP contribution in [0, 0.1) is 0 Å². The van der Waals surface area contributed by atoms with Gasteiger partial charge in [-0.15, -0.1) is 10.2 Å². The highest BCUT2D eigenvalue weighted by Crippen LogP contribution is 2.39. The molecular formula is C34H30N4O5. The molecule has 0 atom stereocenters. The molecule has 5 rings (SSSR count). The lowest BCUT2D eigenvalue weighted by molar-refractivity contribution is -0.115. The van der Waals surface area contributed by atoms with Crippen molar-refractivity contribution in [3.05, 3.63) is 126 Å². The van der Waals surface area contributed by atoms with Crippen LogP contribution >= 0.6 is 0 Å². The van der Waals surface area contributed by atoms with Gasteiger partial charge in [0.05, 0.1) is 19.7 Å². The van der Waals surface area contributed by atoms with Gasteiger partial charge in [0.1, 0.15) is 5.70 Å². The molecule has 0 aliphatic heterocycles. The molecule has 216 valence electrons. The molecule has 4 aromatic carbocycles. The van der Waals surface area contributed by atoms with Crippen LogP contribution in [0.4, 0.5) is 5.69 Å². The summed E-state index contributed by atoms with van der Waals surface area (Å²) in [4.78, 5) is 26.4. The molecule has 1 aromatic heterocycles. The molecule has 0 radical (unpaired) electrons. The zero-order chi connectivity index (χ0) is 30.2. The quantitative estimate of drug-likeness (QED) is 0.143. The highest BCUT2D eigenvalue weighted by molar-refractivity contribution is 6.05. The molecule has 0 fully saturated rings. The lowest BCUT2D eigenvalue weighted by Crippen LogP contribution is -2.26. The molecule has 0 unspecified atom stereocenters. The SMILES string of the molecule is COc1ccc(C=C(NC(=O)c2ccccc2)C(=O)N=Nc2c(O)n(CCc3ccccc3)c3ccccc23)cc1OC. The third-order valence-electron chi connectivity index (χ3n) is 6.86. The minimum absolute atomic E-state index is 0.104. The average Bonchev–Trinajstić information content (AvgIpc) is 3.32. The van der Waals surface area contributed by atoms with Crippen LogP contribution in [0.2, 0.25) is 0 Å². The number of para-hydroxylation sites is 1. The van der Waals surface area contributed by atoms with E-state index in [1.165, 1.54) is 20.3 Å². The number of fused-ring (bicyclic) bond motifs is 1. The van der Waals surface area contributed by atoms with Gasteiger partial charge in [-0.05, 0) is 54.0 Å². The van der Waals surface area contributed by atoms with Gasteiger partial charge in [0.25, 0.3) is 5.91 Å². The molecule has 0 aliphatic rings. The monoisotopic (exact) mass is 574 g/mol. The number of methoxy groups -OCH3 is 2. The molecule has 0 spiro atoms. The summed E-state index contributed by atoms with van der Waals surface area (Å²) < 4.78 is 12.4. The Bertz CT molecular complexity index is 1810. The second kappa shape index (κ2) is 13.3. The molecule has 9 nitrogen and oxygen atoms in total. The number of ether oxygens (including phenoxy) is 2. The lowest BCUT2D eigenvalue weighted by atomic mass is 10.1. The van der Waals surface area contributed by atoms with Gasteiger partial charge < -0.3 is 24.5 Å². The fourth-order valence-electron chi connectivity index (χ4n) is 4.68. The molecule has 2 amide bonds. The minimum atomic E-state index is -0.806. The number of rotatable bonds is 10. The van der Waals surface area contributed by atoms with Gasteiger partial charge in [0.15, 0.2) is 17.2 Å². The number of aromatic hydroxyl groups is 1. The normalized spacial score (nSPS) is 11.5. The van der Waals surface area contributed by atoms with Gasteiger partial charge in [0, 0.05) is 17.5 Å². The summed E-state index contributed by atoms with van der Waals surface area (Å²) >= 11 is 0. The van der Waals surface area contributed by atoms with Crippen molar-refractivity contribution in [3.63, 3.8) is 0 Å². The first kappa shape index (κ1) is 28.8. The van der Waals surface area contributed by atoms with E-state index < -0.39 is 11.8 Å². The van der Waals surface area contributed by atoms with E-state index in [0.29, 0.717) is 41.0 Å². The van der Waals surface area contributed by atoms with Gasteiger partial charge in [-0.2, -0.15) is 0 Å². The van der Waals surface area contributed by atoms with E-state index >= 15 is 0 Å². The Kier molecular flexibility index (Phi) is 8.92. The van der Waals surface area contributed by atoms with Crippen LogP contribution in [-0.2, 0) is 17.8 Å². The summed E-state index contributed by atoms with van der Waals surface area (Å²) in [6.07, 6.45) is 2.17. The number of carbonyl (C=O) groups excluding carboxylic acids is 2. The topological polar surface area (TPSA) is 115 Å². The van der Waals surface area contributed by atoms with Crippen molar-refractivity contribution >= 4 is 34.5 Å². The first-order valence-corrected chi connectivity index (χ1v) is 13.6. The number of hydrogen-bond donors (Lipinski definition) is 2. The van der Waals surface area contributed by atoms with Crippen molar-refractivity contribution in [3.8, 4) is 17.4 Å². The summed E-state index contributed by atoms with van der Waals surface area (Å²) in [6.45, 7) is 0.497. The second-order valence-corrected chi connectivity index (χ2v) is 9.57. The summed E-state index contributed by atoms with van der Waals surface area (Å²) in [7, 11) is 3.03. The Morgan fingerprint density at radius 2 is 1.53 bits per heavy atom. The predicted molar refractivity (Wildman–Crippen MR) is 165 cm³/mol. The maximum Gasteiger partial charge on any atom is 0.311 e. The Hall–Kier alpha value is -5.70. The third kappa shape index (κ3) is 6.62. The van der Waals surface area contributed by atoms with Crippen LogP contribution in [0.15, 0.2) is 119 Å². The van der Waals surface area contributed by atoms with Crippen molar-refractivity contribution in [2.75, 3.05) is 14.2 Å². The molecule has 5 aromatic rings. The molecule has 0 saturated carbocycles. The Balaban J connectivity index is 1.48. The highest BCUT2D eigenvalue weighted by atomic mass is 16.5. The molecule has 2 N–H and O–H groups in total. The van der Waals surface area contributed by atoms with Gasteiger partial charge in [0.2, 0.25) is 5.88 Å². The number of hydrogen-bond acceptors (Lipinski definition) is 6. The van der Waals surface area contributed by atoms with Crippen LogP contribution in [0.5, 0.6) is 17.4 Å². The molecule has 0 saturated heterocycles. The van der Waals surface area contributed by atoms with Crippen molar-refractivity contribution < 1.29 is 24.2 Å². The van der Waals surface area contributed by atoms with Crippen molar-refractivity contribution in [1.29, 1.82) is 0 Å². The zero-order valence-corrected chi connectivity index (χ0v) is 23.7. The number of nitrogens with zero attached hydrogens (tertiary/aromatic N) is 3. The summed E-state index contributed by atoms with van der Waals surface area (Å²) in [5, 5.41) is 22.6. The Morgan fingerprint density at radius 3 is 2.26 bits per heavy atom. The number of benzene rings is 4. The van der Waals surface area contributed by atoms with E-state index in [4.69, 9.17) is 9.47 Å². The standard InChI is InChI=1S/C34H30N4O5/c1-42-29-18-17-24(22-30(29)43-2)21-27(35-32(39)25-13-7-4-8-14-25)33(40)37-36-31-26-15-9-10-16-28(26)38(34(31)41)20-19-23-11-5-3-6-12-23/h3-18,21-22,41H,19-20H2,1-2H3,(H,35,39). The molecule has 9 heteroatoms. The fourth-order valence-corrected chi connectivity index (χ4v) is 4.68. The molecule has 43 heavy (non-hydrogen) atoms. The van der Waals surface area contributed by atoms with E-state index in [1.54, 1.807) is 53.1 Å². The van der Waals surface area contributed by atoms with Crippen molar-refractivity contribution in [1.82, 2.24) is 9.88 Å². The van der Waals surface area contributed by atoms with E-state index in [-0.39, 0.29) is 17.3 Å². The van der Waals surface area contributed by atoms with Crippen molar-refractivity contribution in [2.45, 2.75) is 13.0 Å². The number of azo groups is 1. The highest BCUT2D eigenvalue weighted by Gasteiger charge is 2.19. The summed E-state index contributed by atoms with van der Waals surface area (Å²) in [5.74, 6) is -0.435. The molecule has 0 bridgehead atoms. The zero-order valence-electron chi connectivity index (χ0n) is 23.7. The Morgan fingerprint density at radius 1 is 0.860 bits per heavy atom. The first-order chi connectivity index (χ1) is 21.0. The third-order valence-corrected chi connectivity index (χ3v) is 6.86. The van der Waals surface area contributed by atoms with Crippen LogP contribution in [-0.4, -0.2) is 35.7 Å². The van der Waals surface area contributed by atoms with E-state index in [2.05, 4.69) is 15.5 Å². The number of aromatic nitrogens is 1. The van der Waals surface area contributed by atoms with Crippen LogP contribution in [0.25, 0.3) is 17.0 Å². The van der Waals surface area contributed by atoms with Crippen molar-refractivity contribution in [2.24, 2.45) is 10.2 Å². The predicted octanol–water partition coefficient (Wildman–Crippen LogP) is 6.69. The average molecular weight is 575 g/mol. The fraction of sp³-hybridized carbons (Fsp3) is 0.118. The summed E-state index contributed by atoms with van der Waals surface area (Å²) in [6, 6.07) is 30.9. The van der Waals surface area contributed by atoms with E-state index in [0.717, 1.165) is 11.1 Å². The van der Waals surface area contributed by atoms with Gasteiger partial charge in [-0.3, -0.25) is 9.59 Å². The van der Waals surface area contributed by atoms with E-state index in [1.807, 2.05) is 54.6 Å². The van der Waals surface area contributed by atoms with Crippen LogP contribution < -0.4 is 14.8 Å². The molecule has 0 aliphatic carbocycles. The Labute approximate surface area is 248 Å². The van der Waals surface area contributed by atoms with Gasteiger partial charge in [-0.25, -0.2) is 0 Å². The number of carbonyl (C=O) groups is 2. The lowest BCUT2D eigenvalue weighted by Gasteiger charge is -2.10. The number of aryl methyl sites for hydroxylation is 2. The number of nitrogens with one attached hydrogen (secondary N) is 1. The van der Waals surface area contributed by atoms with Crippen LogP contribution in [0.3, 0.4) is 0 Å². The van der Waals surface area contributed by atoms with Crippen LogP contribution in [0.1, 0.15) is 21.5 Å². The first-order valence-electron chi connectivity index (χ1n) is 13.6. The summed E-state index contributed by atoms with van der Waals surface area (Å²) in [5.41, 5.74) is 2.86. The maximum absolute atomic E-state index is 13.4. The smallest absolute Gasteiger partial charge is 0.311 e. The van der Waals surface area contributed by atoms with Gasteiger partial charge >= 0.3 is 5.91 Å². The van der Waals surface area contributed by atoms with Gasteiger partial charge in [-0.1, -0.05) is 72.8 Å². The number of amides is 2. The second-order valence-electron chi connectivity index (χ2n) is 9.57. The largest absolute Gasteiger partial charge is 0.493 e. The molecule has 1 heterocycles. The molecular weight excluding hydrogens is 544 g/mol. The maximum atomic E-state index is 13.4.